The Kier molecular flexibility index (Phi) is 4.84. The molecule has 27 heavy (non-hydrogen) atoms. The van der Waals surface area contributed by atoms with Gasteiger partial charge in [0.05, 0.1) is 23.5 Å². The first-order valence-corrected chi connectivity index (χ1v) is 9.64. The number of amides is 2. The Morgan fingerprint density at radius 3 is 2.30 bits per heavy atom. The number of nitrogens with zero attached hydrogens (tertiary/aromatic N) is 2. The van der Waals surface area contributed by atoms with Crippen molar-refractivity contribution in [1.29, 1.82) is 0 Å². The molecule has 0 bridgehead atoms. The van der Waals surface area contributed by atoms with Crippen molar-refractivity contribution in [1.82, 2.24) is 0 Å². The van der Waals surface area contributed by atoms with Crippen molar-refractivity contribution in [2.45, 2.75) is 26.2 Å². The third-order valence-electron chi connectivity index (χ3n) is 5.08. The molecule has 1 aliphatic carbocycles. The average Bonchev–Trinajstić information content (AvgIpc) is 3.54. The first-order valence-electron chi connectivity index (χ1n) is 9.64. The van der Waals surface area contributed by atoms with Crippen molar-refractivity contribution >= 4 is 23.2 Å². The maximum atomic E-state index is 13.4. The molecule has 0 N–H and O–H groups in total. The molecule has 0 radical (unpaired) electrons. The Morgan fingerprint density at radius 1 is 0.963 bits per heavy atom. The van der Waals surface area contributed by atoms with E-state index in [2.05, 4.69) is 0 Å². The predicted octanol–water partition coefficient (Wildman–Crippen LogP) is 3.88. The number of carbonyl (C=O) groups is 2. The van der Waals surface area contributed by atoms with E-state index in [9.17, 15) is 9.59 Å². The minimum Gasteiger partial charge on any atom is -0.493 e. The normalized spacial score (nSPS) is 16.5. The van der Waals surface area contributed by atoms with E-state index in [0.29, 0.717) is 31.0 Å². The molecule has 0 spiro atoms. The summed E-state index contributed by atoms with van der Waals surface area (Å²) < 4.78 is 5.66. The lowest BCUT2D eigenvalue weighted by atomic mass is 10.1. The number of anilines is 2. The number of fused-ring (bicyclic) bond motifs is 1. The molecule has 0 atom stereocenters. The van der Waals surface area contributed by atoms with Crippen LogP contribution in [-0.4, -0.2) is 31.5 Å². The zero-order valence-corrected chi connectivity index (χ0v) is 15.6. The topological polar surface area (TPSA) is 49.9 Å². The van der Waals surface area contributed by atoms with Gasteiger partial charge in [-0.15, -0.1) is 0 Å². The maximum Gasteiger partial charge on any atom is 0.262 e. The molecular weight excluding hydrogens is 340 g/mol. The van der Waals surface area contributed by atoms with Gasteiger partial charge in [0.25, 0.3) is 5.91 Å². The summed E-state index contributed by atoms with van der Waals surface area (Å²) in [6, 6.07) is 15.0. The average molecular weight is 364 g/mol. The highest BCUT2D eigenvalue weighted by Crippen LogP contribution is 2.38. The summed E-state index contributed by atoms with van der Waals surface area (Å²) in [7, 11) is 0. The van der Waals surface area contributed by atoms with Crippen LogP contribution in [0.15, 0.2) is 48.5 Å². The third kappa shape index (κ3) is 3.42. The van der Waals surface area contributed by atoms with E-state index in [1.807, 2.05) is 54.3 Å². The van der Waals surface area contributed by atoms with Crippen LogP contribution in [0.4, 0.5) is 11.4 Å². The molecule has 0 unspecified atom stereocenters. The van der Waals surface area contributed by atoms with Gasteiger partial charge in [-0.3, -0.25) is 9.59 Å². The number of rotatable bonds is 4. The van der Waals surface area contributed by atoms with Gasteiger partial charge in [-0.25, -0.2) is 0 Å². The fraction of sp³-hybridized carbons (Fsp3) is 0.364. The molecule has 4 rings (SSSR count). The van der Waals surface area contributed by atoms with E-state index in [0.717, 1.165) is 30.6 Å². The van der Waals surface area contributed by atoms with E-state index < -0.39 is 0 Å². The smallest absolute Gasteiger partial charge is 0.262 e. The standard InChI is InChI=1S/C22H24N2O3/c1-2-27-20-11-6-3-8-17(20)22(26)24-15-7-14-23(21(25)16-12-13-16)18-9-4-5-10-19(18)24/h3-6,8-11,16H,2,7,12-15H2,1H3. The molecule has 1 fully saturated rings. The van der Waals surface area contributed by atoms with Crippen LogP contribution in [0, 0.1) is 5.92 Å². The van der Waals surface area contributed by atoms with Crippen molar-refractivity contribution in [2.24, 2.45) is 5.92 Å². The van der Waals surface area contributed by atoms with Gasteiger partial charge in [-0.2, -0.15) is 0 Å². The van der Waals surface area contributed by atoms with Gasteiger partial charge in [0.1, 0.15) is 5.75 Å². The van der Waals surface area contributed by atoms with E-state index in [4.69, 9.17) is 4.74 Å². The van der Waals surface area contributed by atoms with Gasteiger partial charge in [-0.1, -0.05) is 24.3 Å². The number of benzene rings is 2. The maximum absolute atomic E-state index is 13.4. The summed E-state index contributed by atoms with van der Waals surface area (Å²) in [5, 5.41) is 0. The van der Waals surface area contributed by atoms with Crippen molar-refractivity contribution in [2.75, 3.05) is 29.5 Å². The SMILES string of the molecule is CCOc1ccccc1C(=O)N1CCCN(C(=O)C2CC2)c2ccccc21. The van der Waals surface area contributed by atoms with Gasteiger partial charge in [0.15, 0.2) is 0 Å². The molecule has 1 aliphatic heterocycles. The highest BCUT2D eigenvalue weighted by molar-refractivity contribution is 6.11. The Balaban J connectivity index is 1.71. The van der Waals surface area contributed by atoms with Crippen molar-refractivity contribution in [3.05, 3.63) is 54.1 Å². The molecule has 2 aromatic rings. The predicted molar refractivity (Wildman–Crippen MR) is 105 cm³/mol. The summed E-state index contributed by atoms with van der Waals surface area (Å²) in [4.78, 5) is 29.8. The highest BCUT2D eigenvalue weighted by atomic mass is 16.5. The second-order valence-corrected chi connectivity index (χ2v) is 6.99. The monoisotopic (exact) mass is 364 g/mol. The van der Waals surface area contributed by atoms with Crippen molar-refractivity contribution < 1.29 is 14.3 Å². The van der Waals surface area contributed by atoms with Crippen LogP contribution >= 0.6 is 0 Å². The van der Waals surface area contributed by atoms with Crippen LogP contribution in [-0.2, 0) is 4.79 Å². The van der Waals surface area contributed by atoms with Gasteiger partial charge in [0.2, 0.25) is 5.91 Å². The molecule has 2 amide bonds. The largest absolute Gasteiger partial charge is 0.493 e. The van der Waals surface area contributed by atoms with E-state index in [-0.39, 0.29) is 17.7 Å². The summed E-state index contributed by atoms with van der Waals surface area (Å²) in [6.45, 7) is 3.63. The molecule has 2 aliphatic rings. The Labute approximate surface area is 159 Å². The van der Waals surface area contributed by atoms with Gasteiger partial charge < -0.3 is 14.5 Å². The second kappa shape index (κ2) is 7.43. The van der Waals surface area contributed by atoms with Crippen LogP contribution in [0.25, 0.3) is 0 Å². The molecule has 140 valence electrons. The highest BCUT2D eigenvalue weighted by Gasteiger charge is 2.36. The lowest BCUT2D eigenvalue weighted by Gasteiger charge is -2.26. The number of hydrogen-bond acceptors (Lipinski definition) is 3. The third-order valence-corrected chi connectivity index (χ3v) is 5.08. The molecule has 2 aromatic carbocycles. The quantitative estimate of drug-likeness (QED) is 0.827. The van der Waals surface area contributed by atoms with Gasteiger partial charge >= 0.3 is 0 Å². The van der Waals surface area contributed by atoms with E-state index in [1.54, 1.807) is 11.0 Å². The minimum absolute atomic E-state index is 0.0905. The lowest BCUT2D eigenvalue weighted by molar-refractivity contribution is -0.119. The summed E-state index contributed by atoms with van der Waals surface area (Å²) in [5.41, 5.74) is 2.17. The molecule has 5 heteroatoms. The van der Waals surface area contributed by atoms with Crippen molar-refractivity contribution in [3.8, 4) is 5.75 Å². The van der Waals surface area contributed by atoms with E-state index in [1.165, 1.54) is 0 Å². The molecule has 5 nitrogen and oxygen atoms in total. The fourth-order valence-corrected chi connectivity index (χ4v) is 3.61. The molecule has 1 heterocycles. The first kappa shape index (κ1) is 17.6. The number of carbonyl (C=O) groups excluding carboxylic acids is 2. The van der Waals surface area contributed by atoms with Gasteiger partial charge in [-0.05, 0) is 50.5 Å². The molecular formula is C22H24N2O3. The number of para-hydroxylation sites is 3. The van der Waals surface area contributed by atoms with Crippen LogP contribution in [0.3, 0.4) is 0 Å². The zero-order valence-electron chi connectivity index (χ0n) is 15.6. The lowest BCUT2D eigenvalue weighted by Crippen LogP contribution is -2.32. The Morgan fingerprint density at radius 2 is 1.59 bits per heavy atom. The van der Waals surface area contributed by atoms with Crippen LogP contribution in [0.5, 0.6) is 5.75 Å². The molecule has 1 saturated carbocycles. The Hall–Kier alpha value is -2.82. The van der Waals surface area contributed by atoms with E-state index >= 15 is 0 Å². The fourth-order valence-electron chi connectivity index (χ4n) is 3.61. The summed E-state index contributed by atoms with van der Waals surface area (Å²) in [5.74, 6) is 0.843. The van der Waals surface area contributed by atoms with Crippen molar-refractivity contribution in [3.63, 3.8) is 0 Å². The summed E-state index contributed by atoms with van der Waals surface area (Å²) >= 11 is 0. The van der Waals surface area contributed by atoms with Crippen LogP contribution < -0.4 is 14.5 Å². The van der Waals surface area contributed by atoms with Crippen LogP contribution in [0.2, 0.25) is 0 Å². The minimum atomic E-state index is -0.0905. The number of hydrogen-bond donors (Lipinski definition) is 0. The first-order chi connectivity index (χ1) is 13.2. The molecule has 0 saturated heterocycles. The van der Waals surface area contributed by atoms with Crippen LogP contribution in [0.1, 0.15) is 36.5 Å². The zero-order chi connectivity index (χ0) is 18.8. The second-order valence-electron chi connectivity index (χ2n) is 6.99. The number of ether oxygens (including phenoxy) is 1. The van der Waals surface area contributed by atoms with Gasteiger partial charge in [0, 0.05) is 19.0 Å². The molecule has 0 aromatic heterocycles. The Bertz CT molecular complexity index is 860. The summed E-state index contributed by atoms with van der Waals surface area (Å²) in [6.07, 6.45) is 2.69.